The van der Waals surface area contributed by atoms with Gasteiger partial charge in [0.2, 0.25) is 0 Å². The molecule has 4 N–H and O–H groups in total. The maximum Gasteiger partial charge on any atom is 0.358 e. The predicted molar refractivity (Wildman–Crippen MR) is 47.0 cm³/mol. The average molecular weight is 197 g/mol. The first-order valence-corrected chi connectivity index (χ1v) is 4.37. The molecule has 76 valence electrons. The normalized spacial score (nSPS) is 22.1. The molecule has 14 heavy (non-hydrogen) atoms. The number of aromatic amines is 1. The molecule has 2 heterocycles. The van der Waals surface area contributed by atoms with Crippen LogP contribution in [0, 0.1) is 0 Å². The summed E-state index contributed by atoms with van der Waals surface area (Å²) in [6.45, 7) is 2.36. The highest BCUT2D eigenvalue weighted by atomic mass is 16.4. The van der Waals surface area contributed by atoms with E-state index >= 15 is 0 Å². The second-order valence-electron chi connectivity index (χ2n) is 3.07. The van der Waals surface area contributed by atoms with Gasteiger partial charge in [0.05, 0.1) is 6.04 Å². The number of carboxylic acid groups (broad SMARTS) is 1. The van der Waals surface area contributed by atoms with Crippen LogP contribution < -0.4 is 10.6 Å². The summed E-state index contributed by atoms with van der Waals surface area (Å²) in [5, 5.41) is 24.9. The van der Waals surface area contributed by atoms with Crippen molar-refractivity contribution < 1.29 is 9.90 Å². The van der Waals surface area contributed by atoms with Gasteiger partial charge in [-0.3, -0.25) is 0 Å². The maximum atomic E-state index is 10.8. The largest absolute Gasteiger partial charge is 0.476 e. The number of aromatic nitrogens is 3. The third-order valence-electron chi connectivity index (χ3n) is 2.15. The van der Waals surface area contributed by atoms with Crippen LogP contribution in [-0.4, -0.2) is 46.1 Å². The molecule has 0 aliphatic carbocycles. The minimum atomic E-state index is -1.05. The van der Waals surface area contributed by atoms with Crippen LogP contribution >= 0.6 is 0 Å². The molecule has 1 aliphatic heterocycles. The highest BCUT2D eigenvalue weighted by Crippen LogP contribution is 2.13. The summed E-state index contributed by atoms with van der Waals surface area (Å²) >= 11 is 0. The summed E-state index contributed by atoms with van der Waals surface area (Å²) < 4.78 is 0. The van der Waals surface area contributed by atoms with Crippen LogP contribution in [0.1, 0.15) is 22.2 Å². The van der Waals surface area contributed by atoms with Crippen molar-refractivity contribution in [1.29, 1.82) is 0 Å². The van der Waals surface area contributed by atoms with E-state index in [4.69, 9.17) is 5.11 Å². The highest BCUT2D eigenvalue weighted by molar-refractivity contribution is 5.86. The number of rotatable bonds is 2. The molecule has 1 unspecified atom stereocenters. The number of piperazine rings is 1. The summed E-state index contributed by atoms with van der Waals surface area (Å²) in [5.41, 5.74) is 0.455. The second-order valence-corrected chi connectivity index (χ2v) is 3.07. The lowest BCUT2D eigenvalue weighted by molar-refractivity contribution is 0.0688. The summed E-state index contributed by atoms with van der Waals surface area (Å²) in [4.78, 5) is 10.8. The minimum absolute atomic E-state index is 0.00815. The smallest absolute Gasteiger partial charge is 0.358 e. The highest BCUT2D eigenvalue weighted by Gasteiger charge is 2.24. The molecule has 0 bridgehead atoms. The zero-order valence-corrected chi connectivity index (χ0v) is 7.45. The van der Waals surface area contributed by atoms with E-state index in [0.29, 0.717) is 12.2 Å². The fourth-order valence-electron chi connectivity index (χ4n) is 1.49. The number of aromatic carboxylic acids is 1. The van der Waals surface area contributed by atoms with Crippen molar-refractivity contribution in [3.8, 4) is 0 Å². The van der Waals surface area contributed by atoms with E-state index in [1.165, 1.54) is 0 Å². The molecule has 1 aromatic heterocycles. The predicted octanol–water partition coefficient (Wildman–Crippen LogP) is -1.26. The van der Waals surface area contributed by atoms with Gasteiger partial charge in [-0.15, -0.1) is 5.10 Å². The van der Waals surface area contributed by atoms with Gasteiger partial charge in [0.1, 0.15) is 5.69 Å². The number of carbonyl (C=O) groups is 1. The molecule has 0 saturated carbocycles. The van der Waals surface area contributed by atoms with E-state index in [1.807, 2.05) is 0 Å². The van der Waals surface area contributed by atoms with Gasteiger partial charge >= 0.3 is 5.97 Å². The Morgan fingerprint density at radius 3 is 2.93 bits per heavy atom. The Labute approximate surface area is 79.9 Å². The number of nitrogens with zero attached hydrogens (tertiary/aromatic N) is 2. The number of hydrogen-bond donors (Lipinski definition) is 4. The summed E-state index contributed by atoms with van der Waals surface area (Å²) in [6.07, 6.45) is 0. The maximum absolute atomic E-state index is 10.8. The van der Waals surface area contributed by atoms with Crippen molar-refractivity contribution in [2.45, 2.75) is 6.04 Å². The zero-order valence-electron chi connectivity index (χ0n) is 7.45. The van der Waals surface area contributed by atoms with Crippen LogP contribution in [-0.2, 0) is 0 Å². The van der Waals surface area contributed by atoms with Gasteiger partial charge in [-0.1, -0.05) is 0 Å². The third kappa shape index (κ3) is 1.59. The fourth-order valence-corrected chi connectivity index (χ4v) is 1.49. The number of nitrogens with one attached hydrogen (secondary N) is 3. The van der Waals surface area contributed by atoms with Gasteiger partial charge in [-0.25, -0.2) is 4.79 Å². The van der Waals surface area contributed by atoms with Crippen LogP contribution in [0.3, 0.4) is 0 Å². The average Bonchev–Trinajstić information content (AvgIpc) is 2.67. The Hall–Kier alpha value is -1.47. The summed E-state index contributed by atoms with van der Waals surface area (Å²) in [7, 11) is 0. The van der Waals surface area contributed by atoms with Crippen LogP contribution in [0.4, 0.5) is 0 Å². The van der Waals surface area contributed by atoms with E-state index in [9.17, 15) is 4.79 Å². The molecular weight excluding hydrogens is 186 g/mol. The first-order valence-electron chi connectivity index (χ1n) is 4.37. The molecule has 0 aromatic carbocycles. The van der Waals surface area contributed by atoms with Crippen LogP contribution in [0.25, 0.3) is 0 Å². The van der Waals surface area contributed by atoms with Crippen molar-refractivity contribution in [3.05, 3.63) is 11.4 Å². The van der Waals surface area contributed by atoms with Crippen molar-refractivity contribution in [2.24, 2.45) is 0 Å². The van der Waals surface area contributed by atoms with Crippen LogP contribution in [0.2, 0.25) is 0 Å². The Bertz CT molecular complexity index is 331. The van der Waals surface area contributed by atoms with Gasteiger partial charge in [-0.2, -0.15) is 10.3 Å². The lowest BCUT2D eigenvalue weighted by atomic mass is 10.1. The third-order valence-corrected chi connectivity index (χ3v) is 2.15. The zero-order chi connectivity index (χ0) is 9.97. The molecule has 1 aromatic rings. The molecule has 1 aliphatic rings. The number of H-pyrrole nitrogens is 1. The molecule has 7 nitrogen and oxygen atoms in total. The lowest BCUT2D eigenvalue weighted by Crippen LogP contribution is -2.43. The fraction of sp³-hybridized carbons (Fsp3) is 0.571. The van der Waals surface area contributed by atoms with Gasteiger partial charge in [-0.05, 0) is 0 Å². The van der Waals surface area contributed by atoms with E-state index in [1.54, 1.807) is 0 Å². The summed E-state index contributed by atoms with van der Waals surface area (Å²) in [6, 6.07) is -0.0754. The monoisotopic (exact) mass is 197 g/mol. The molecule has 0 radical (unpaired) electrons. The molecule has 1 atom stereocenters. The van der Waals surface area contributed by atoms with Gasteiger partial charge in [0, 0.05) is 19.6 Å². The SMILES string of the molecule is O=C(O)c1n[nH]nc1C1CNCCN1. The standard InChI is InChI=1S/C7H11N5O2/c13-7(14)6-5(10-12-11-6)4-3-8-1-2-9-4/h4,8-9H,1-3H2,(H,13,14)(H,10,11,12). The Balaban J connectivity index is 2.21. The van der Waals surface area contributed by atoms with Gasteiger partial charge in [0.15, 0.2) is 5.69 Å². The Kier molecular flexibility index (Phi) is 2.42. The number of hydrogen-bond acceptors (Lipinski definition) is 5. The van der Waals surface area contributed by atoms with Crippen molar-refractivity contribution in [3.63, 3.8) is 0 Å². The Morgan fingerprint density at radius 2 is 2.29 bits per heavy atom. The summed E-state index contributed by atoms with van der Waals surface area (Å²) in [5.74, 6) is -1.05. The minimum Gasteiger partial charge on any atom is -0.476 e. The topological polar surface area (TPSA) is 103 Å². The van der Waals surface area contributed by atoms with Crippen molar-refractivity contribution >= 4 is 5.97 Å². The van der Waals surface area contributed by atoms with Crippen LogP contribution in [0.5, 0.6) is 0 Å². The van der Waals surface area contributed by atoms with Crippen molar-refractivity contribution in [1.82, 2.24) is 26.0 Å². The first-order chi connectivity index (χ1) is 6.79. The molecular formula is C7H11N5O2. The molecule has 1 saturated heterocycles. The van der Waals surface area contributed by atoms with Crippen molar-refractivity contribution in [2.75, 3.05) is 19.6 Å². The molecule has 0 amide bonds. The quantitative estimate of drug-likeness (QED) is 0.471. The second kappa shape index (κ2) is 3.72. The van der Waals surface area contributed by atoms with Gasteiger partial charge in [0.25, 0.3) is 0 Å². The van der Waals surface area contributed by atoms with E-state index < -0.39 is 5.97 Å². The Morgan fingerprint density at radius 1 is 1.43 bits per heavy atom. The van der Waals surface area contributed by atoms with E-state index in [-0.39, 0.29) is 11.7 Å². The molecule has 7 heteroatoms. The van der Waals surface area contributed by atoms with E-state index in [0.717, 1.165) is 13.1 Å². The lowest BCUT2D eigenvalue weighted by Gasteiger charge is -2.22. The van der Waals surface area contributed by atoms with E-state index in [2.05, 4.69) is 26.0 Å². The first kappa shape index (κ1) is 9.10. The molecule has 2 rings (SSSR count). The van der Waals surface area contributed by atoms with Crippen LogP contribution in [0.15, 0.2) is 0 Å². The number of carboxylic acids is 1. The molecule has 0 spiro atoms. The molecule has 1 fully saturated rings. The van der Waals surface area contributed by atoms with Gasteiger partial charge < -0.3 is 15.7 Å².